The summed E-state index contributed by atoms with van der Waals surface area (Å²) in [7, 11) is 0. The molecule has 0 aliphatic heterocycles. The Morgan fingerprint density at radius 1 is 1.02 bits per heavy atom. The predicted octanol–water partition coefficient (Wildman–Crippen LogP) is 3.74. The number of carboxylic acid groups (broad SMARTS) is 1. The Kier molecular flexibility index (Phi) is 10.5. The predicted molar refractivity (Wildman–Crippen MR) is 145 cm³/mol. The van der Waals surface area contributed by atoms with Gasteiger partial charge in [0.15, 0.2) is 12.6 Å². The first-order chi connectivity index (χ1) is 19.0. The van der Waals surface area contributed by atoms with E-state index in [1.807, 2.05) is 0 Å². The van der Waals surface area contributed by atoms with E-state index < -0.39 is 30.8 Å². The molecule has 0 saturated heterocycles. The van der Waals surface area contributed by atoms with Crippen LogP contribution in [0.25, 0.3) is 0 Å². The molecule has 0 radical (unpaired) electrons. The van der Waals surface area contributed by atoms with Crippen LogP contribution < -0.4 is 32.2 Å². The number of alkyl halides is 3. The fraction of sp³-hybridized carbons (Fsp3) is 0.292. The van der Waals surface area contributed by atoms with Crippen LogP contribution in [0.3, 0.4) is 0 Å². The van der Waals surface area contributed by atoms with E-state index in [0.717, 1.165) is 5.56 Å². The molecular formula is C24H27ClF3N9O3. The molecule has 0 saturated carbocycles. The molecule has 0 amide bonds. The molecule has 0 aliphatic carbocycles. The number of guanidine groups is 1. The third-order valence-electron chi connectivity index (χ3n) is 5.07. The largest absolute Gasteiger partial charge is 0.480 e. The van der Waals surface area contributed by atoms with Gasteiger partial charge >= 0.3 is 18.2 Å². The van der Waals surface area contributed by atoms with Gasteiger partial charge in [-0.15, -0.1) is 0 Å². The summed E-state index contributed by atoms with van der Waals surface area (Å²) < 4.78 is 42.8. The first-order valence-corrected chi connectivity index (χ1v) is 12.2. The number of rotatable bonds is 14. The van der Waals surface area contributed by atoms with Gasteiger partial charge in [0.1, 0.15) is 6.04 Å². The Labute approximate surface area is 232 Å². The third kappa shape index (κ3) is 10.7. The molecule has 1 heterocycles. The number of carboxylic acids is 1. The quantitative estimate of drug-likeness (QED) is 0.0925. The molecule has 214 valence electrons. The van der Waals surface area contributed by atoms with E-state index in [9.17, 15) is 23.1 Å². The molecule has 0 aliphatic rings. The zero-order chi connectivity index (χ0) is 29.1. The number of ether oxygens (including phenoxy) is 1. The Morgan fingerprint density at radius 2 is 1.68 bits per heavy atom. The van der Waals surface area contributed by atoms with Gasteiger partial charge in [-0.25, -0.2) is 4.79 Å². The molecule has 0 unspecified atom stereocenters. The summed E-state index contributed by atoms with van der Waals surface area (Å²) in [5, 5.41) is 18.8. The van der Waals surface area contributed by atoms with Crippen molar-refractivity contribution in [1.82, 2.24) is 15.0 Å². The van der Waals surface area contributed by atoms with Crippen molar-refractivity contribution in [3.8, 4) is 6.01 Å². The number of hydrogen-bond acceptors (Lipinski definition) is 9. The van der Waals surface area contributed by atoms with Crippen molar-refractivity contribution in [3.63, 3.8) is 0 Å². The lowest BCUT2D eigenvalue weighted by molar-refractivity contribution is -0.154. The molecule has 0 bridgehead atoms. The first kappa shape index (κ1) is 30.0. The number of aromatic nitrogens is 3. The van der Waals surface area contributed by atoms with Crippen molar-refractivity contribution in [1.29, 1.82) is 0 Å². The molecule has 1 aromatic heterocycles. The fourth-order valence-corrected chi connectivity index (χ4v) is 3.35. The van der Waals surface area contributed by atoms with Crippen molar-refractivity contribution in [2.24, 2.45) is 16.5 Å². The molecule has 2 aromatic carbocycles. The summed E-state index contributed by atoms with van der Waals surface area (Å²) >= 11 is 5.89. The zero-order valence-electron chi connectivity index (χ0n) is 21.0. The first-order valence-electron chi connectivity index (χ1n) is 11.8. The molecule has 3 rings (SSSR count). The van der Waals surface area contributed by atoms with Crippen molar-refractivity contribution in [2.75, 3.05) is 29.1 Å². The van der Waals surface area contributed by atoms with Gasteiger partial charge in [0, 0.05) is 29.5 Å². The van der Waals surface area contributed by atoms with E-state index in [-0.39, 0.29) is 30.8 Å². The monoisotopic (exact) mass is 581 g/mol. The average molecular weight is 582 g/mol. The molecule has 3 aromatic rings. The maximum Gasteiger partial charge on any atom is 0.422 e. The standard InChI is InChI=1S/C24H27ClF3N9O3/c25-15-5-3-14(4-6-15)12-32-21-35-22(37-23(36-21)40-13-24(26,27)28)34-17-9-7-16(8-10-17)33-18(19(38)39)2-1-11-31-20(29)30/h3-10,18,33H,1-2,11-13H2,(H,38,39)(H4,29,30,31)(H2,32,34,35,36,37)/t18-/m1/s1. The SMILES string of the molecule is NC(N)=NCCC[C@@H](Nc1ccc(Nc2nc(NCc3ccc(Cl)cc3)nc(OCC(F)(F)F)n2)cc1)C(=O)O. The minimum absolute atomic E-state index is 0.0204. The highest BCUT2D eigenvalue weighted by Gasteiger charge is 2.29. The zero-order valence-corrected chi connectivity index (χ0v) is 21.7. The lowest BCUT2D eigenvalue weighted by atomic mass is 10.1. The highest BCUT2D eigenvalue weighted by molar-refractivity contribution is 6.30. The van der Waals surface area contributed by atoms with E-state index in [1.54, 1.807) is 48.5 Å². The smallest absolute Gasteiger partial charge is 0.422 e. The Bertz CT molecular complexity index is 1290. The maximum absolute atomic E-state index is 12.7. The number of nitrogens with one attached hydrogen (secondary N) is 3. The minimum atomic E-state index is -4.58. The highest BCUT2D eigenvalue weighted by Crippen LogP contribution is 2.22. The summed E-state index contributed by atoms with van der Waals surface area (Å²) in [6.45, 7) is -1.02. The summed E-state index contributed by atoms with van der Waals surface area (Å²) in [6, 6.07) is 12.0. The van der Waals surface area contributed by atoms with Gasteiger partial charge in [-0.3, -0.25) is 4.99 Å². The fourth-order valence-electron chi connectivity index (χ4n) is 3.23. The maximum atomic E-state index is 12.7. The minimum Gasteiger partial charge on any atom is -0.480 e. The second kappa shape index (κ2) is 14.0. The number of nitrogens with zero attached hydrogens (tertiary/aromatic N) is 4. The molecule has 1 atom stereocenters. The third-order valence-corrected chi connectivity index (χ3v) is 5.32. The number of benzene rings is 2. The average Bonchev–Trinajstić information content (AvgIpc) is 2.89. The molecule has 40 heavy (non-hydrogen) atoms. The van der Waals surface area contributed by atoms with Gasteiger partial charge in [0.05, 0.1) is 0 Å². The number of aliphatic imine (C=N–C) groups is 1. The molecular weight excluding hydrogens is 555 g/mol. The lowest BCUT2D eigenvalue weighted by Gasteiger charge is -2.16. The lowest BCUT2D eigenvalue weighted by Crippen LogP contribution is -2.29. The van der Waals surface area contributed by atoms with Crippen LogP contribution in [-0.4, -0.2) is 57.4 Å². The van der Waals surface area contributed by atoms with E-state index in [0.29, 0.717) is 29.4 Å². The molecule has 16 heteroatoms. The van der Waals surface area contributed by atoms with Crippen molar-refractivity contribution >= 4 is 46.8 Å². The molecule has 0 fully saturated rings. The van der Waals surface area contributed by atoms with Gasteiger partial charge in [0.2, 0.25) is 11.9 Å². The van der Waals surface area contributed by atoms with E-state index in [1.165, 1.54) is 0 Å². The van der Waals surface area contributed by atoms with E-state index in [2.05, 4.69) is 35.9 Å². The van der Waals surface area contributed by atoms with Crippen LogP contribution in [-0.2, 0) is 11.3 Å². The van der Waals surface area contributed by atoms with Crippen LogP contribution in [0.1, 0.15) is 18.4 Å². The Morgan fingerprint density at radius 3 is 2.30 bits per heavy atom. The summed E-state index contributed by atoms with van der Waals surface area (Å²) in [6.07, 6.45) is -3.85. The molecule has 8 N–H and O–H groups in total. The van der Waals surface area contributed by atoms with Gasteiger partial charge in [0.25, 0.3) is 0 Å². The van der Waals surface area contributed by atoms with Crippen LogP contribution in [0.4, 0.5) is 36.4 Å². The van der Waals surface area contributed by atoms with Crippen LogP contribution in [0.15, 0.2) is 53.5 Å². The topological polar surface area (TPSA) is 186 Å². The number of nitrogens with two attached hydrogens (primary N) is 2. The van der Waals surface area contributed by atoms with Crippen LogP contribution in [0.5, 0.6) is 6.01 Å². The summed E-state index contributed by atoms with van der Waals surface area (Å²) in [4.78, 5) is 27.5. The highest BCUT2D eigenvalue weighted by atomic mass is 35.5. The number of aliphatic carboxylic acids is 1. The summed E-state index contributed by atoms with van der Waals surface area (Å²) in [5.74, 6) is -1.20. The van der Waals surface area contributed by atoms with Crippen molar-refractivity contribution < 1.29 is 27.8 Å². The van der Waals surface area contributed by atoms with Gasteiger partial charge in [-0.2, -0.15) is 28.1 Å². The van der Waals surface area contributed by atoms with Gasteiger partial charge < -0.3 is 37.3 Å². The second-order valence-electron chi connectivity index (χ2n) is 8.34. The second-order valence-corrected chi connectivity index (χ2v) is 8.77. The number of halogens is 4. The number of anilines is 4. The Hall–Kier alpha value is -4.53. The van der Waals surface area contributed by atoms with Crippen molar-refractivity contribution in [2.45, 2.75) is 31.6 Å². The van der Waals surface area contributed by atoms with Crippen LogP contribution in [0, 0.1) is 0 Å². The number of hydrogen-bond donors (Lipinski definition) is 6. The molecule has 0 spiro atoms. The van der Waals surface area contributed by atoms with Crippen LogP contribution in [0.2, 0.25) is 5.02 Å². The van der Waals surface area contributed by atoms with Crippen molar-refractivity contribution in [3.05, 3.63) is 59.1 Å². The molecule has 12 nitrogen and oxygen atoms in total. The Balaban J connectivity index is 1.69. The van der Waals surface area contributed by atoms with Crippen LogP contribution >= 0.6 is 11.6 Å². The van der Waals surface area contributed by atoms with E-state index in [4.69, 9.17) is 27.8 Å². The van der Waals surface area contributed by atoms with Gasteiger partial charge in [-0.1, -0.05) is 23.7 Å². The normalized spacial score (nSPS) is 11.8. The number of carbonyl (C=O) groups is 1. The van der Waals surface area contributed by atoms with E-state index >= 15 is 0 Å². The summed E-state index contributed by atoms with van der Waals surface area (Å²) in [5.41, 5.74) is 12.4. The van der Waals surface area contributed by atoms with Gasteiger partial charge in [-0.05, 0) is 54.8 Å².